The number of hydrogen-bond donors (Lipinski definition) is 1. The van der Waals surface area contributed by atoms with Gasteiger partial charge in [-0.15, -0.1) is 0 Å². The van der Waals surface area contributed by atoms with Crippen LogP contribution < -0.4 is 5.73 Å². The summed E-state index contributed by atoms with van der Waals surface area (Å²) in [6.07, 6.45) is 3.99. The van der Waals surface area contributed by atoms with Gasteiger partial charge in [0.05, 0.1) is 0 Å². The Hall–Kier alpha value is -2.29. The van der Waals surface area contributed by atoms with Gasteiger partial charge < -0.3 is 10.6 Å². The van der Waals surface area contributed by atoms with Crippen LogP contribution in [-0.4, -0.2) is 23.4 Å². The van der Waals surface area contributed by atoms with Crippen LogP contribution >= 0.6 is 0 Å². The fourth-order valence-corrected chi connectivity index (χ4v) is 3.47. The molecule has 1 amide bonds. The fourth-order valence-electron chi connectivity index (χ4n) is 3.47. The number of benzene rings is 2. The summed E-state index contributed by atoms with van der Waals surface area (Å²) >= 11 is 0. The summed E-state index contributed by atoms with van der Waals surface area (Å²) in [7, 11) is 0. The highest BCUT2D eigenvalue weighted by Gasteiger charge is 2.27. The average molecular weight is 308 g/mol. The van der Waals surface area contributed by atoms with Crippen molar-refractivity contribution in [2.24, 2.45) is 0 Å². The van der Waals surface area contributed by atoms with Crippen LogP contribution in [0.4, 0.5) is 5.69 Å². The van der Waals surface area contributed by atoms with Crippen molar-refractivity contribution in [2.75, 3.05) is 12.3 Å². The van der Waals surface area contributed by atoms with Crippen LogP contribution in [0.15, 0.2) is 48.5 Å². The molecule has 0 saturated heterocycles. The van der Waals surface area contributed by atoms with Gasteiger partial charge in [0.25, 0.3) is 5.91 Å². The zero-order valence-corrected chi connectivity index (χ0v) is 13.7. The highest BCUT2D eigenvalue weighted by atomic mass is 16.2. The predicted octanol–water partition coefficient (Wildman–Crippen LogP) is 3.68. The smallest absolute Gasteiger partial charge is 0.254 e. The standard InChI is InChI=1S/C20H24N2O/c1-2-12-22(20(23)17-8-5-9-18(21)13-17)19-11-10-15-6-3-4-7-16(15)14-19/h3-9,13,19H,2,10-12,14,21H2,1H3. The van der Waals surface area contributed by atoms with E-state index in [9.17, 15) is 4.79 Å². The number of hydrogen-bond acceptors (Lipinski definition) is 2. The topological polar surface area (TPSA) is 46.3 Å². The van der Waals surface area contributed by atoms with Crippen LogP contribution in [-0.2, 0) is 12.8 Å². The summed E-state index contributed by atoms with van der Waals surface area (Å²) in [5, 5.41) is 0. The van der Waals surface area contributed by atoms with Gasteiger partial charge in [-0.25, -0.2) is 0 Å². The van der Waals surface area contributed by atoms with E-state index in [2.05, 4.69) is 31.2 Å². The highest BCUT2D eigenvalue weighted by Crippen LogP contribution is 2.26. The molecule has 0 aliphatic heterocycles. The van der Waals surface area contributed by atoms with Crippen LogP contribution in [0.3, 0.4) is 0 Å². The van der Waals surface area contributed by atoms with E-state index >= 15 is 0 Å². The second-order valence-electron chi connectivity index (χ2n) is 6.29. The lowest BCUT2D eigenvalue weighted by Crippen LogP contribution is -2.43. The Kier molecular flexibility index (Phi) is 4.65. The van der Waals surface area contributed by atoms with E-state index in [-0.39, 0.29) is 11.9 Å². The van der Waals surface area contributed by atoms with Gasteiger partial charge in [0.1, 0.15) is 0 Å². The first-order valence-corrected chi connectivity index (χ1v) is 8.42. The van der Waals surface area contributed by atoms with E-state index in [0.717, 1.165) is 32.2 Å². The summed E-state index contributed by atoms with van der Waals surface area (Å²) in [5.41, 5.74) is 9.98. The molecule has 0 spiro atoms. The molecular formula is C20H24N2O. The maximum absolute atomic E-state index is 13.0. The van der Waals surface area contributed by atoms with Crippen LogP contribution in [0, 0.1) is 0 Å². The lowest BCUT2D eigenvalue weighted by atomic mass is 9.87. The molecule has 1 aliphatic rings. The van der Waals surface area contributed by atoms with E-state index in [0.29, 0.717) is 11.3 Å². The third-order valence-corrected chi connectivity index (χ3v) is 4.62. The Bertz CT molecular complexity index is 696. The highest BCUT2D eigenvalue weighted by molar-refractivity contribution is 5.95. The van der Waals surface area contributed by atoms with Crippen molar-refractivity contribution >= 4 is 11.6 Å². The molecule has 3 heteroatoms. The minimum absolute atomic E-state index is 0.100. The van der Waals surface area contributed by atoms with Gasteiger partial charge in [0, 0.05) is 23.8 Å². The second kappa shape index (κ2) is 6.86. The molecule has 3 rings (SSSR count). The molecule has 0 fully saturated rings. The van der Waals surface area contributed by atoms with Crippen molar-refractivity contribution in [2.45, 2.75) is 38.6 Å². The molecule has 1 unspecified atom stereocenters. The number of nitrogens with two attached hydrogens (primary N) is 1. The molecular weight excluding hydrogens is 284 g/mol. The van der Waals surface area contributed by atoms with Gasteiger partial charge in [-0.1, -0.05) is 37.3 Å². The molecule has 3 nitrogen and oxygen atoms in total. The summed E-state index contributed by atoms with van der Waals surface area (Å²) in [6, 6.07) is 16.2. The quantitative estimate of drug-likeness (QED) is 0.876. The van der Waals surface area contributed by atoms with E-state index in [1.54, 1.807) is 6.07 Å². The van der Waals surface area contributed by atoms with E-state index in [1.165, 1.54) is 11.1 Å². The molecule has 23 heavy (non-hydrogen) atoms. The van der Waals surface area contributed by atoms with Crippen molar-refractivity contribution in [1.29, 1.82) is 0 Å². The second-order valence-corrected chi connectivity index (χ2v) is 6.29. The molecule has 0 heterocycles. The Morgan fingerprint density at radius 2 is 1.96 bits per heavy atom. The molecule has 1 aliphatic carbocycles. The summed E-state index contributed by atoms with van der Waals surface area (Å²) in [4.78, 5) is 15.0. The lowest BCUT2D eigenvalue weighted by molar-refractivity contribution is 0.0661. The SMILES string of the molecule is CCCN(C(=O)c1cccc(N)c1)C1CCc2ccccc2C1. The Morgan fingerprint density at radius 3 is 2.70 bits per heavy atom. The largest absolute Gasteiger partial charge is 0.399 e. The number of nitrogen functional groups attached to an aromatic ring is 1. The summed E-state index contributed by atoms with van der Waals surface area (Å²) in [6.45, 7) is 2.91. The minimum Gasteiger partial charge on any atom is -0.399 e. The van der Waals surface area contributed by atoms with Crippen LogP contribution in [0.5, 0.6) is 0 Å². The van der Waals surface area contributed by atoms with Crippen LogP contribution in [0.25, 0.3) is 0 Å². The van der Waals surface area contributed by atoms with Gasteiger partial charge in [-0.3, -0.25) is 4.79 Å². The van der Waals surface area contributed by atoms with Crippen molar-refractivity contribution in [1.82, 2.24) is 4.90 Å². The fraction of sp³-hybridized carbons (Fsp3) is 0.350. The zero-order chi connectivity index (χ0) is 16.2. The summed E-state index contributed by atoms with van der Waals surface area (Å²) in [5.74, 6) is 0.100. The average Bonchev–Trinajstić information content (AvgIpc) is 2.58. The number of nitrogens with zero attached hydrogens (tertiary/aromatic N) is 1. The number of aryl methyl sites for hydroxylation is 1. The zero-order valence-electron chi connectivity index (χ0n) is 13.7. The summed E-state index contributed by atoms with van der Waals surface area (Å²) < 4.78 is 0. The van der Waals surface area contributed by atoms with Crippen molar-refractivity contribution in [3.63, 3.8) is 0 Å². The monoisotopic (exact) mass is 308 g/mol. The number of amides is 1. The van der Waals surface area contributed by atoms with Crippen LogP contribution in [0.2, 0.25) is 0 Å². The van der Waals surface area contributed by atoms with Crippen molar-refractivity contribution in [3.8, 4) is 0 Å². The Balaban J connectivity index is 1.83. The first-order chi connectivity index (χ1) is 11.2. The Morgan fingerprint density at radius 1 is 1.17 bits per heavy atom. The lowest BCUT2D eigenvalue weighted by Gasteiger charge is -2.35. The first-order valence-electron chi connectivity index (χ1n) is 8.42. The Labute approximate surface area is 138 Å². The molecule has 2 aromatic carbocycles. The number of rotatable bonds is 4. The molecule has 2 N–H and O–H groups in total. The third kappa shape index (κ3) is 3.39. The maximum atomic E-state index is 13.0. The molecule has 0 radical (unpaired) electrons. The number of carbonyl (C=O) groups is 1. The number of fused-ring (bicyclic) bond motifs is 1. The minimum atomic E-state index is 0.100. The van der Waals surface area contributed by atoms with Crippen LogP contribution in [0.1, 0.15) is 41.3 Å². The maximum Gasteiger partial charge on any atom is 0.254 e. The van der Waals surface area contributed by atoms with E-state index < -0.39 is 0 Å². The van der Waals surface area contributed by atoms with Crippen molar-refractivity contribution < 1.29 is 4.79 Å². The van der Waals surface area contributed by atoms with Crippen molar-refractivity contribution in [3.05, 3.63) is 65.2 Å². The van der Waals surface area contributed by atoms with Gasteiger partial charge >= 0.3 is 0 Å². The molecule has 2 aromatic rings. The molecule has 0 bridgehead atoms. The first kappa shape index (κ1) is 15.6. The predicted molar refractivity (Wildman–Crippen MR) is 94.4 cm³/mol. The number of carbonyl (C=O) groups excluding carboxylic acids is 1. The van der Waals surface area contributed by atoms with E-state index in [4.69, 9.17) is 5.73 Å². The molecule has 0 saturated carbocycles. The van der Waals surface area contributed by atoms with Gasteiger partial charge in [-0.2, -0.15) is 0 Å². The van der Waals surface area contributed by atoms with Gasteiger partial charge in [0.15, 0.2) is 0 Å². The third-order valence-electron chi connectivity index (χ3n) is 4.62. The number of anilines is 1. The van der Waals surface area contributed by atoms with Gasteiger partial charge in [-0.05, 0) is 55.0 Å². The van der Waals surface area contributed by atoms with Gasteiger partial charge in [0.2, 0.25) is 0 Å². The molecule has 120 valence electrons. The molecule has 1 atom stereocenters. The normalized spacial score (nSPS) is 16.7. The molecule has 0 aromatic heterocycles. The van der Waals surface area contributed by atoms with E-state index in [1.807, 2.05) is 23.1 Å².